The Bertz CT molecular complexity index is 612. The summed E-state index contributed by atoms with van der Waals surface area (Å²) in [7, 11) is 0. The number of H-pyrrole nitrogens is 1. The van der Waals surface area contributed by atoms with E-state index in [1.807, 2.05) is 0 Å². The lowest BCUT2D eigenvalue weighted by Crippen LogP contribution is -2.40. The number of fused-ring (bicyclic) bond motifs is 1. The number of aromatic nitrogens is 1. The van der Waals surface area contributed by atoms with Gasteiger partial charge in [0.05, 0.1) is 0 Å². The second-order valence-corrected chi connectivity index (χ2v) is 4.58. The monoisotopic (exact) mass is 261 g/mol. The molecule has 1 amide bonds. The summed E-state index contributed by atoms with van der Waals surface area (Å²) in [5, 5.41) is 0. The maximum Gasteiger partial charge on any atom is 0.294 e. The van der Waals surface area contributed by atoms with Gasteiger partial charge >= 0.3 is 0 Å². The largest absolute Gasteiger partial charge is 0.402 e. The molecule has 1 aliphatic heterocycles. The molecule has 0 bridgehead atoms. The predicted molar refractivity (Wildman–Crippen MR) is 69.1 cm³/mol. The van der Waals surface area contributed by atoms with Gasteiger partial charge in [-0.15, -0.1) is 0 Å². The van der Waals surface area contributed by atoms with Crippen molar-refractivity contribution in [3.63, 3.8) is 0 Å². The highest BCUT2D eigenvalue weighted by atomic mass is 16.2. The molecule has 2 heterocycles. The number of hydrogen-bond donors (Lipinski definition) is 2. The second kappa shape index (κ2) is 5.09. The lowest BCUT2D eigenvalue weighted by atomic mass is 10.0. The number of nitrogens with two attached hydrogens (primary N) is 1. The highest BCUT2D eigenvalue weighted by Gasteiger charge is 2.24. The number of pyridine rings is 1. The first-order valence-corrected chi connectivity index (χ1v) is 5.95. The number of aromatic amines is 1. The van der Waals surface area contributed by atoms with E-state index in [2.05, 4.69) is 4.98 Å². The molecule has 1 aliphatic rings. The molecule has 100 valence electrons. The van der Waals surface area contributed by atoms with Crippen molar-refractivity contribution >= 4 is 11.7 Å². The van der Waals surface area contributed by atoms with Crippen molar-refractivity contribution in [3.8, 4) is 0 Å². The maximum atomic E-state index is 11.9. The molecule has 0 aliphatic carbocycles. The van der Waals surface area contributed by atoms with Crippen LogP contribution in [0.5, 0.6) is 0 Å². The SMILES string of the molecule is C/C(N)=C/C(=O)C(=O)N1CCc2cc(=O)[nH]cc2C1. The van der Waals surface area contributed by atoms with Crippen molar-refractivity contribution in [2.75, 3.05) is 6.54 Å². The van der Waals surface area contributed by atoms with E-state index in [4.69, 9.17) is 5.73 Å². The minimum atomic E-state index is -0.618. The first kappa shape index (κ1) is 13.1. The summed E-state index contributed by atoms with van der Waals surface area (Å²) in [4.78, 5) is 38.7. The topological polar surface area (TPSA) is 96.3 Å². The Hall–Kier alpha value is -2.37. The molecule has 3 N–H and O–H groups in total. The number of hydrogen-bond acceptors (Lipinski definition) is 4. The van der Waals surface area contributed by atoms with Crippen molar-refractivity contribution < 1.29 is 9.59 Å². The van der Waals surface area contributed by atoms with Crippen LogP contribution in [0.25, 0.3) is 0 Å². The van der Waals surface area contributed by atoms with Gasteiger partial charge in [-0.05, 0) is 24.5 Å². The van der Waals surface area contributed by atoms with Crippen LogP contribution in [-0.4, -0.2) is 28.1 Å². The molecule has 6 nitrogen and oxygen atoms in total. The van der Waals surface area contributed by atoms with Crippen molar-refractivity contribution in [3.05, 3.63) is 45.5 Å². The van der Waals surface area contributed by atoms with E-state index in [0.29, 0.717) is 25.2 Å². The molecule has 1 aromatic heterocycles. The number of amides is 1. The van der Waals surface area contributed by atoms with E-state index in [0.717, 1.165) is 17.2 Å². The van der Waals surface area contributed by atoms with Crippen molar-refractivity contribution in [2.24, 2.45) is 5.73 Å². The minimum absolute atomic E-state index is 0.156. The number of carbonyl (C=O) groups is 2. The Morgan fingerprint density at radius 2 is 2.16 bits per heavy atom. The van der Waals surface area contributed by atoms with Crippen molar-refractivity contribution in [1.29, 1.82) is 0 Å². The Balaban J connectivity index is 2.16. The zero-order valence-electron chi connectivity index (χ0n) is 10.6. The first-order chi connectivity index (χ1) is 8.97. The van der Waals surface area contributed by atoms with Crippen LogP contribution < -0.4 is 11.3 Å². The predicted octanol–water partition coefficient (Wildman–Crippen LogP) is -0.309. The van der Waals surface area contributed by atoms with Crippen LogP contribution >= 0.6 is 0 Å². The first-order valence-electron chi connectivity index (χ1n) is 5.95. The van der Waals surface area contributed by atoms with Gasteiger partial charge in [-0.2, -0.15) is 0 Å². The van der Waals surface area contributed by atoms with E-state index >= 15 is 0 Å². The van der Waals surface area contributed by atoms with Crippen LogP contribution in [0, 0.1) is 0 Å². The van der Waals surface area contributed by atoms with E-state index in [1.165, 1.54) is 11.0 Å². The van der Waals surface area contributed by atoms with Gasteiger partial charge in [-0.25, -0.2) is 0 Å². The molecular weight excluding hydrogens is 246 g/mol. The lowest BCUT2D eigenvalue weighted by Gasteiger charge is -2.27. The average Bonchev–Trinajstić information content (AvgIpc) is 2.36. The summed E-state index contributed by atoms with van der Waals surface area (Å²) in [5.74, 6) is -1.19. The fourth-order valence-corrected chi connectivity index (χ4v) is 2.06. The molecule has 0 fully saturated rings. The second-order valence-electron chi connectivity index (χ2n) is 4.58. The van der Waals surface area contributed by atoms with Gasteiger partial charge in [0.1, 0.15) is 0 Å². The van der Waals surface area contributed by atoms with Crippen LogP contribution in [0.1, 0.15) is 18.1 Å². The third-order valence-corrected chi connectivity index (χ3v) is 2.98. The molecule has 0 spiro atoms. The zero-order valence-corrected chi connectivity index (χ0v) is 10.6. The van der Waals surface area contributed by atoms with Crippen molar-refractivity contribution in [2.45, 2.75) is 19.9 Å². The molecular formula is C13H15N3O3. The highest BCUT2D eigenvalue weighted by molar-refractivity contribution is 6.40. The molecule has 6 heteroatoms. The van der Waals surface area contributed by atoms with E-state index < -0.39 is 11.7 Å². The van der Waals surface area contributed by atoms with Crippen LogP contribution in [0.3, 0.4) is 0 Å². The highest BCUT2D eigenvalue weighted by Crippen LogP contribution is 2.16. The summed E-state index contributed by atoms with van der Waals surface area (Å²) in [6, 6.07) is 1.53. The van der Waals surface area contributed by atoms with Gasteiger partial charge in [0, 0.05) is 37.1 Å². The molecule has 0 aromatic carbocycles. The third kappa shape index (κ3) is 2.90. The fourth-order valence-electron chi connectivity index (χ4n) is 2.06. The van der Waals surface area contributed by atoms with Gasteiger partial charge in [0.2, 0.25) is 11.3 Å². The number of rotatable bonds is 2. The number of allylic oxidation sites excluding steroid dienone is 1. The summed E-state index contributed by atoms with van der Waals surface area (Å²) >= 11 is 0. The van der Waals surface area contributed by atoms with Crippen molar-refractivity contribution in [1.82, 2.24) is 9.88 Å². The fraction of sp³-hybridized carbons (Fsp3) is 0.308. The maximum absolute atomic E-state index is 11.9. The standard InChI is InChI=1S/C13H15N3O3/c1-8(14)4-11(17)13(19)16-3-2-9-5-12(18)15-6-10(9)7-16/h4-6H,2-3,7,14H2,1H3,(H,15,18)/b8-4-. The minimum Gasteiger partial charge on any atom is -0.402 e. The number of nitrogens with zero attached hydrogens (tertiary/aromatic N) is 1. The molecule has 0 radical (unpaired) electrons. The molecule has 0 saturated carbocycles. The van der Waals surface area contributed by atoms with Crippen LogP contribution in [0.15, 0.2) is 28.8 Å². The Kier molecular flexibility index (Phi) is 3.50. The van der Waals surface area contributed by atoms with E-state index in [1.54, 1.807) is 13.1 Å². The zero-order chi connectivity index (χ0) is 14.0. The smallest absolute Gasteiger partial charge is 0.294 e. The number of ketones is 1. The van der Waals surface area contributed by atoms with E-state index in [-0.39, 0.29) is 5.56 Å². The van der Waals surface area contributed by atoms with Gasteiger partial charge in [-0.3, -0.25) is 14.4 Å². The third-order valence-electron chi connectivity index (χ3n) is 2.98. The Morgan fingerprint density at radius 3 is 2.84 bits per heavy atom. The normalized spacial score (nSPS) is 15.0. The quantitative estimate of drug-likeness (QED) is 0.564. The lowest BCUT2D eigenvalue weighted by molar-refractivity contribution is -0.142. The van der Waals surface area contributed by atoms with Gasteiger partial charge in [0.25, 0.3) is 5.91 Å². The molecule has 2 rings (SSSR count). The van der Waals surface area contributed by atoms with Gasteiger partial charge in [-0.1, -0.05) is 0 Å². The molecule has 1 aromatic rings. The molecule has 0 saturated heterocycles. The summed E-state index contributed by atoms with van der Waals surface area (Å²) in [6.07, 6.45) is 3.29. The average molecular weight is 261 g/mol. The number of carbonyl (C=O) groups excluding carboxylic acids is 2. The van der Waals surface area contributed by atoms with Crippen LogP contribution in [0.2, 0.25) is 0 Å². The molecule has 19 heavy (non-hydrogen) atoms. The summed E-state index contributed by atoms with van der Waals surface area (Å²) in [5.41, 5.74) is 7.32. The van der Waals surface area contributed by atoms with Crippen LogP contribution in [0.4, 0.5) is 0 Å². The summed E-state index contributed by atoms with van der Waals surface area (Å²) < 4.78 is 0. The Labute approximate surface area is 109 Å². The van der Waals surface area contributed by atoms with Crippen LogP contribution in [-0.2, 0) is 22.6 Å². The van der Waals surface area contributed by atoms with E-state index in [9.17, 15) is 14.4 Å². The van der Waals surface area contributed by atoms with Gasteiger partial charge < -0.3 is 15.6 Å². The number of nitrogens with one attached hydrogen (secondary N) is 1. The molecule has 0 unspecified atom stereocenters. The van der Waals surface area contributed by atoms with Gasteiger partial charge in [0.15, 0.2) is 0 Å². The summed E-state index contributed by atoms with van der Waals surface area (Å²) in [6.45, 7) is 2.31. The molecule has 0 atom stereocenters. The Morgan fingerprint density at radius 1 is 1.42 bits per heavy atom.